The highest BCUT2D eigenvalue weighted by Gasteiger charge is 2.24. The Balaban J connectivity index is 1.73. The number of hydrogen-bond donors (Lipinski definition) is 1. The average Bonchev–Trinajstić information content (AvgIpc) is 2.89. The lowest BCUT2D eigenvalue weighted by atomic mass is 10.1. The van der Waals surface area contributed by atoms with Gasteiger partial charge in [-0.05, 0) is 36.2 Å². The quantitative estimate of drug-likeness (QED) is 0.880. The summed E-state index contributed by atoms with van der Waals surface area (Å²) in [5.74, 6) is 1.30. The molecule has 1 aliphatic heterocycles. The van der Waals surface area contributed by atoms with Gasteiger partial charge in [0.2, 0.25) is 0 Å². The molecule has 0 spiro atoms. The van der Waals surface area contributed by atoms with Crippen LogP contribution in [0.4, 0.5) is 5.69 Å². The summed E-state index contributed by atoms with van der Waals surface area (Å²) in [6.07, 6.45) is 0.969. The second-order valence-corrected chi connectivity index (χ2v) is 7.77. The van der Waals surface area contributed by atoms with Gasteiger partial charge in [-0.1, -0.05) is 18.2 Å². The Labute approximate surface area is 131 Å². The highest BCUT2D eigenvalue weighted by atomic mass is 32.2. The minimum absolute atomic E-state index is 0.342. The lowest BCUT2D eigenvalue weighted by molar-refractivity contribution is 0.413. The Kier molecular flexibility index (Phi) is 4.22. The van der Waals surface area contributed by atoms with Crippen molar-refractivity contribution in [1.82, 2.24) is 0 Å². The number of benzene rings is 2. The fourth-order valence-electron chi connectivity index (χ4n) is 2.44. The Morgan fingerprint density at radius 1 is 1.33 bits per heavy atom. The first-order valence-electron chi connectivity index (χ1n) is 6.74. The minimum Gasteiger partial charge on any atom is -0.497 e. The first kappa shape index (κ1) is 14.5. The van der Waals surface area contributed by atoms with Crippen molar-refractivity contribution < 1.29 is 8.95 Å². The number of methoxy groups -OCH3 is 1. The van der Waals surface area contributed by atoms with Crippen LogP contribution in [0.25, 0.3) is 0 Å². The number of thioether (sulfide) groups is 1. The molecule has 0 fully saturated rings. The summed E-state index contributed by atoms with van der Waals surface area (Å²) in [7, 11) is 0.488. The predicted octanol–water partition coefficient (Wildman–Crippen LogP) is 3.10. The zero-order valence-electron chi connectivity index (χ0n) is 11.7. The highest BCUT2D eigenvalue weighted by Crippen LogP contribution is 2.38. The van der Waals surface area contributed by atoms with E-state index in [2.05, 4.69) is 18.2 Å². The smallest absolute Gasteiger partial charge is 0.120 e. The van der Waals surface area contributed by atoms with Gasteiger partial charge in [-0.3, -0.25) is 4.21 Å². The molecule has 3 rings (SSSR count). The van der Waals surface area contributed by atoms with Crippen molar-refractivity contribution in [2.75, 3.05) is 18.6 Å². The third kappa shape index (κ3) is 3.09. The Hall–Kier alpha value is -1.46. The number of nitrogens with two attached hydrogens (primary N) is 1. The van der Waals surface area contributed by atoms with Gasteiger partial charge in [0.15, 0.2) is 0 Å². The zero-order chi connectivity index (χ0) is 14.8. The molecule has 2 aromatic carbocycles. The van der Waals surface area contributed by atoms with E-state index in [4.69, 9.17) is 10.5 Å². The summed E-state index contributed by atoms with van der Waals surface area (Å²) in [5.41, 5.74) is 7.86. The first-order valence-corrected chi connectivity index (χ1v) is 8.93. The van der Waals surface area contributed by atoms with Crippen molar-refractivity contribution in [3.8, 4) is 5.75 Å². The SMILES string of the molecule is COc1ccc(N)c(S(=O)CC2Cc3ccccc3S2)c1. The lowest BCUT2D eigenvalue weighted by Gasteiger charge is -2.11. The Bertz CT molecular complexity index is 663. The molecule has 2 atom stereocenters. The van der Waals surface area contributed by atoms with Crippen molar-refractivity contribution in [2.45, 2.75) is 21.5 Å². The van der Waals surface area contributed by atoms with Crippen LogP contribution >= 0.6 is 11.8 Å². The molecule has 0 saturated heterocycles. The summed E-state index contributed by atoms with van der Waals surface area (Å²) >= 11 is 1.81. The van der Waals surface area contributed by atoms with Crippen LogP contribution in [0.15, 0.2) is 52.3 Å². The highest BCUT2D eigenvalue weighted by molar-refractivity contribution is 8.01. The van der Waals surface area contributed by atoms with Crippen molar-refractivity contribution in [3.05, 3.63) is 48.0 Å². The molecule has 0 aliphatic carbocycles. The van der Waals surface area contributed by atoms with Gasteiger partial charge < -0.3 is 10.5 Å². The summed E-state index contributed by atoms with van der Waals surface area (Å²) < 4.78 is 17.8. The fraction of sp³-hybridized carbons (Fsp3) is 0.250. The maximum atomic E-state index is 12.6. The topological polar surface area (TPSA) is 52.3 Å². The summed E-state index contributed by atoms with van der Waals surface area (Å²) in [5, 5.41) is 0.342. The van der Waals surface area contributed by atoms with Gasteiger partial charge in [0, 0.05) is 21.6 Å². The second kappa shape index (κ2) is 6.12. The predicted molar refractivity (Wildman–Crippen MR) is 88.5 cm³/mol. The van der Waals surface area contributed by atoms with Gasteiger partial charge in [-0.15, -0.1) is 11.8 Å². The summed E-state index contributed by atoms with van der Waals surface area (Å²) in [6, 6.07) is 13.7. The number of hydrogen-bond acceptors (Lipinski definition) is 4. The largest absolute Gasteiger partial charge is 0.497 e. The average molecular weight is 319 g/mol. The maximum absolute atomic E-state index is 12.6. The minimum atomic E-state index is -1.11. The van der Waals surface area contributed by atoms with Crippen molar-refractivity contribution in [3.63, 3.8) is 0 Å². The molecule has 5 heteroatoms. The van der Waals surface area contributed by atoms with Gasteiger partial charge in [0.1, 0.15) is 5.75 Å². The van der Waals surface area contributed by atoms with Gasteiger partial charge in [-0.25, -0.2) is 0 Å². The molecule has 0 radical (unpaired) electrons. The van der Waals surface area contributed by atoms with E-state index < -0.39 is 10.8 Å². The van der Waals surface area contributed by atoms with Gasteiger partial charge >= 0.3 is 0 Å². The van der Waals surface area contributed by atoms with Crippen LogP contribution in [0.3, 0.4) is 0 Å². The van der Waals surface area contributed by atoms with Crippen LogP contribution in [0.2, 0.25) is 0 Å². The molecule has 0 bridgehead atoms. The van der Waals surface area contributed by atoms with Crippen LogP contribution in [-0.4, -0.2) is 22.3 Å². The fourth-order valence-corrected chi connectivity index (χ4v) is 5.38. The number of nitrogen functional groups attached to an aromatic ring is 1. The normalized spacial score (nSPS) is 18.2. The van der Waals surface area contributed by atoms with E-state index in [-0.39, 0.29) is 0 Å². The van der Waals surface area contributed by atoms with Crippen LogP contribution in [0.5, 0.6) is 5.75 Å². The van der Waals surface area contributed by atoms with Gasteiger partial charge in [0.25, 0.3) is 0 Å². The summed E-state index contributed by atoms with van der Waals surface area (Å²) in [4.78, 5) is 1.98. The Morgan fingerprint density at radius 2 is 2.14 bits per heavy atom. The maximum Gasteiger partial charge on any atom is 0.120 e. The van der Waals surface area contributed by atoms with E-state index in [0.29, 0.717) is 27.3 Å². The third-order valence-electron chi connectivity index (χ3n) is 3.52. The number of fused-ring (bicyclic) bond motifs is 1. The van der Waals surface area contributed by atoms with Crippen LogP contribution in [0.1, 0.15) is 5.56 Å². The number of anilines is 1. The molecular weight excluding hydrogens is 302 g/mol. The van der Waals surface area contributed by atoms with Crippen LogP contribution < -0.4 is 10.5 Å². The third-order valence-corrected chi connectivity index (χ3v) is 6.60. The van der Waals surface area contributed by atoms with Crippen molar-refractivity contribution in [2.24, 2.45) is 0 Å². The van der Waals surface area contributed by atoms with E-state index >= 15 is 0 Å². The molecular formula is C16H17NO2S2. The molecule has 2 N–H and O–H groups in total. The van der Waals surface area contributed by atoms with Crippen molar-refractivity contribution >= 4 is 28.2 Å². The zero-order valence-corrected chi connectivity index (χ0v) is 13.4. The molecule has 0 amide bonds. The summed E-state index contributed by atoms with van der Waals surface area (Å²) in [6.45, 7) is 0. The molecule has 21 heavy (non-hydrogen) atoms. The van der Waals surface area contributed by atoms with Crippen LogP contribution in [-0.2, 0) is 17.2 Å². The van der Waals surface area contributed by atoms with Gasteiger partial charge in [0.05, 0.1) is 22.8 Å². The Morgan fingerprint density at radius 3 is 2.90 bits per heavy atom. The van der Waals surface area contributed by atoms with E-state index in [0.717, 1.165) is 6.42 Å². The van der Waals surface area contributed by atoms with Crippen LogP contribution in [0, 0.1) is 0 Å². The van der Waals surface area contributed by atoms with E-state index in [1.807, 2.05) is 17.8 Å². The van der Waals surface area contributed by atoms with Crippen molar-refractivity contribution in [1.29, 1.82) is 0 Å². The molecule has 3 nitrogen and oxygen atoms in total. The van der Waals surface area contributed by atoms with E-state index in [1.54, 1.807) is 25.3 Å². The number of rotatable bonds is 4. The van der Waals surface area contributed by atoms with Gasteiger partial charge in [-0.2, -0.15) is 0 Å². The lowest BCUT2D eigenvalue weighted by Crippen LogP contribution is -2.14. The molecule has 110 valence electrons. The van der Waals surface area contributed by atoms with E-state index in [1.165, 1.54) is 10.5 Å². The molecule has 2 aromatic rings. The number of ether oxygens (including phenoxy) is 1. The molecule has 1 heterocycles. The molecule has 2 unspecified atom stereocenters. The molecule has 0 aromatic heterocycles. The second-order valence-electron chi connectivity index (χ2n) is 4.97. The monoisotopic (exact) mass is 319 g/mol. The standard InChI is InChI=1S/C16H17NO2S2/c1-19-12-6-7-14(17)16(9-12)21(18)10-13-8-11-4-2-3-5-15(11)20-13/h2-7,9,13H,8,10,17H2,1H3. The first-order chi connectivity index (χ1) is 10.2. The molecule has 1 aliphatic rings. The molecule has 0 saturated carbocycles. The van der Waals surface area contributed by atoms with E-state index in [9.17, 15) is 4.21 Å².